The highest BCUT2D eigenvalue weighted by molar-refractivity contribution is 14.2. The standard InChI is InChI=1S/C2H3FIOP/c1-2(5)6(3)4/h1H3. The van der Waals surface area contributed by atoms with Crippen molar-refractivity contribution in [2.45, 2.75) is 6.92 Å². The Hall–Kier alpha value is 0.760. The first kappa shape index (κ1) is 6.76. The van der Waals surface area contributed by atoms with Crippen LogP contribution in [0.4, 0.5) is 4.20 Å². The summed E-state index contributed by atoms with van der Waals surface area (Å²) in [7, 11) is 0. The molecule has 0 radical (unpaired) electrons. The van der Waals surface area contributed by atoms with E-state index >= 15 is 0 Å². The molecule has 4 heteroatoms. The summed E-state index contributed by atoms with van der Waals surface area (Å²) < 4.78 is 11.5. The smallest absolute Gasteiger partial charge is 0.213 e. The Morgan fingerprint density at radius 2 is 2.17 bits per heavy atom. The maximum atomic E-state index is 11.5. The second kappa shape index (κ2) is 2.86. The van der Waals surface area contributed by atoms with Crippen molar-refractivity contribution >= 4 is 33.4 Å². The third-order valence-corrected chi connectivity index (χ3v) is 2.75. The Bertz CT molecular complexity index is 64.6. The van der Waals surface area contributed by atoms with Gasteiger partial charge in [0.2, 0.25) is 5.87 Å². The quantitative estimate of drug-likeness (QED) is 0.489. The maximum absolute atomic E-state index is 11.5. The molecule has 0 aromatic carbocycles. The summed E-state index contributed by atoms with van der Waals surface area (Å²) in [5.74, 6) is -1.83. The molecule has 0 aliphatic heterocycles. The molecule has 0 N–H and O–H groups in total. The number of hydrogen-bond donors (Lipinski definition) is 0. The van der Waals surface area contributed by atoms with E-state index in [1.165, 1.54) is 29.0 Å². The second-order valence-electron chi connectivity index (χ2n) is 0.752. The lowest BCUT2D eigenvalue weighted by Crippen LogP contribution is -1.71. The van der Waals surface area contributed by atoms with E-state index in [1.807, 2.05) is 0 Å². The second-order valence-corrected chi connectivity index (χ2v) is 4.39. The summed E-state index contributed by atoms with van der Waals surface area (Å²) in [6, 6.07) is 0. The molecule has 0 bridgehead atoms. The molecule has 0 fully saturated rings. The van der Waals surface area contributed by atoms with Gasteiger partial charge in [0, 0.05) is 6.92 Å². The van der Waals surface area contributed by atoms with Crippen LogP contribution >= 0.6 is 27.9 Å². The lowest BCUT2D eigenvalue weighted by atomic mass is 10.9. The largest absolute Gasteiger partial charge is 0.291 e. The first-order valence-corrected chi connectivity index (χ1v) is 5.28. The van der Waals surface area contributed by atoms with Crippen LogP contribution in [0.5, 0.6) is 0 Å². The predicted molar refractivity (Wildman–Crippen MR) is 32.7 cm³/mol. The third-order valence-electron chi connectivity index (χ3n) is 0.238. The van der Waals surface area contributed by atoms with E-state index < -0.39 is 5.87 Å². The van der Waals surface area contributed by atoms with Crippen LogP contribution in [0.15, 0.2) is 0 Å². The van der Waals surface area contributed by atoms with Gasteiger partial charge in [0.25, 0.3) is 0 Å². The molecule has 0 aromatic heterocycles. The van der Waals surface area contributed by atoms with E-state index in [1.54, 1.807) is 0 Å². The van der Waals surface area contributed by atoms with E-state index in [0.717, 1.165) is 0 Å². The molecule has 0 amide bonds. The number of hydrogen-bond acceptors (Lipinski definition) is 1. The van der Waals surface area contributed by atoms with Gasteiger partial charge in [0.05, 0.1) is 0 Å². The van der Waals surface area contributed by atoms with E-state index in [9.17, 15) is 8.99 Å². The summed E-state index contributed by atoms with van der Waals surface area (Å²) in [5.41, 5.74) is -0.356. The molecule has 0 aromatic rings. The highest BCUT2D eigenvalue weighted by atomic mass is 127. The molecule has 1 nitrogen and oxygen atoms in total. The first-order valence-electron chi connectivity index (χ1n) is 1.27. The average molecular weight is 220 g/mol. The van der Waals surface area contributed by atoms with Crippen molar-refractivity contribution in [3.05, 3.63) is 0 Å². The van der Waals surface area contributed by atoms with Gasteiger partial charge in [-0.05, 0) is 22.0 Å². The van der Waals surface area contributed by atoms with E-state index in [-0.39, 0.29) is 5.52 Å². The van der Waals surface area contributed by atoms with Crippen molar-refractivity contribution in [2.24, 2.45) is 0 Å². The van der Waals surface area contributed by atoms with E-state index in [0.29, 0.717) is 0 Å². The Morgan fingerprint density at radius 1 is 2.00 bits per heavy atom. The number of halogens is 2. The zero-order chi connectivity index (χ0) is 5.15. The van der Waals surface area contributed by atoms with Gasteiger partial charge in [-0.25, -0.2) is 4.20 Å². The van der Waals surface area contributed by atoms with Crippen molar-refractivity contribution in [3.63, 3.8) is 0 Å². The molecule has 0 saturated carbocycles. The van der Waals surface area contributed by atoms with Gasteiger partial charge in [-0.15, -0.1) is 0 Å². The Labute approximate surface area is 49.7 Å². The summed E-state index contributed by atoms with van der Waals surface area (Å²) in [5, 5.41) is 0. The number of carbonyl (C=O) groups excluding carboxylic acids is 1. The zero-order valence-corrected chi connectivity index (χ0v) is 6.16. The molecule has 6 heavy (non-hydrogen) atoms. The van der Waals surface area contributed by atoms with Crippen molar-refractivity contribution in [1.29, 1.82) is 0 Å². The van der Waals surface area contributed by atoms with Gasteiger partial charge < -0.3 is 0 Å². The average Bonchev–Trinajstić information content (AvgIpc) is 1.36. The van der Waals surface area contributed by atoms with Crippen LogP contribution in [-0.4, -0.2) is 5.52 Å². The fourth-order valence-electron chi connectivity index (χ4n) is 0. The minimum absolute atomic E-state index is 0.356. The fourth-order valence-corrected chi connectivity index (χ4v) is 0. The van der Waals surface area contributed by atoms with Gasteiger partial charge in [-0.3, -0.25) is 4.79 Å². The molecule has 1 atom stereocenters. The van der Waals surface area contributed by atoms with Crippen LogP contribution in [-0.2, 0) is 4.79 Å². The van der Waals surface area contributed by atoms with Gasteiger partial charge >= 0.3 is 0 Å². The van der Waals surface area contributed by atoms with Crippen LogP contribution in [0.3, 0.4) is 0 Å². The molecular formula is C2H3FIOP. The third kappa shape index (κ3) is 2.97. The van der Waals surface area contributed by atoms with Gasteiger partial charge in [-0.2, -0.15) is 0 Å². The van der Waals surface area contributed by atoms with Crippen LogP contribution in [0.25, 0.3) is 0 Å². The number of rotatable bonds is 1. The molecule has 0 rings (SSSR count). The van der Waals surface area contributed by atoms with Gasteiger partial charge in [0.1, 0.15) is 0 Å². The predicted octanol–water partition coefficient (Wildman–Crippen LogP) is 2.25. The van der Waals surface area contributed by atoms with Crippen molar-refractivity contribution in [3.8, 4) is 0 Å². The van der Waals surface area contributed by atoms with Crippen molar-refractivity contribution in [2.75, 3.05) is 0 Å². The molecule has 36 valence electrons. The monoisotopic (exact) mass is 220 g/mol. The molecule has 0 aliphatic rings. The summed E-state index contributed by atoms with van der Waals surface area (Å²) in [6.07, 6.45) is 0. The van der Waals surface area contributed by atoms with E-state index in [2.05, 4.69) is 0 Å². The summed E-state index contributed by atoms with van der Waals surface area (Å²) >= 11 is 1.48. The summed E-state index contributed by atoms with van der Waals surface area (Å²) in [6.45, 7) is 1.25. The Kier molecular flexibility index (Phi) is 3.22. The lowest BCUT2D eigenvalue weighted by Gasteiger charge is -1.82. The highest BCUT2D eigenvalue weighted by Crippen LogP contribution is 2.46. The van der Waals surface area contributed by atoms with Crippen LogP contribution < -0.4 is 0 Å². The minimum Gasteiger partial charge on any atom is -0.291 e. The van der Waals surface area contributed by atoms with Crippen molar-refractivity contribution in [1.82, 2.24) is 0 Å². The van der Waals surface area contributed by atoms with Gasteiger partial charge in [-0.1, -0.05) is 0 Å². The van der Waals surface area contributed by atoms with Crippen LogP contribution in [0.1, 0.15) is 6.92 Å². The normalized spacial score (nSPS) is 13.8. The SMILES string of the molecule is CC(=O)P(F)I. The first-order chi connectivity index (χ1) is 2.64. The van der Waals surface area contributed by atoms with Crippen molar-refractivity contribution < 1.29 is 8.99 Å². The Balaban J connectivity index is 3.26. The Morgan fingerprint density at radius 3 is 2.17 bits per heavy atom. The van der Waals surface area contributed by atoms with Crippen LogP contribution in [0, 0.1) is 0 Å². The zero-order valence-electron chi connectivity index (χ0n) is 3.11. The van der Waals surface area contributed by atoms with Crippen LogP contribution in [0.2, 0.25) is 0 Å². The lowest BCUT2D eigenvalue weighted by molar-refractivity contribution is -0.109. The topological polar surface area (TPSA) is 17.1 Å². The molecule has 1 unspecified atom stereocenters. The van der Waals surface area contributed by atoms with Gasteiger partial charge in [0.15, 0.2) is 5.52 Å². The highest BCUT2D eigenvalue weighted by Gasteiger charge is 2.04. The molecule has 0 saturated heterocycles. The molecule has 0 aliphatic carbocycles. The number of carbonyl (C=O) groups is 1. The molecular weight excluding hydrogens is 217 g/mol. The fraction of sp³-hybridized carbons (Fsp3) is 0.500. The maximum Gasteiger partial charge on any atom is 0.213 e. The van der Waals surface area contributed by atoms with E-state index in [4.69, 9.17) is 0 Å². The molecule has 0 heterocycles. The summed E-state index contributed by atoms with van der Waals surface area (Å²) in [4.78, 5) is 9.79. The molecule has 0 spiro atoms. The minimum atomic E-state index is -1.83.